The molecule has 15 heavy (non-hydrogen) atoms. The molecule has 0 aromatic heterocycles. The van der Waals surface area contributed by atoms with Gasteiger partial charge in [0.05, 0.1) is 0 Å². The first-order valence-electron chi connectivity index (χ1n) is 5.74. The molecule has 84 valence electrons. The van der Waals surface area contributed by atoms with E-state index < -0.39 is 0 Å². The molecule has 0 heterocycles. The Morgan fingerprint density at radius 1 is 1.20 bits per heavy atom. The molecule has 0 radical (unpaired) electrons. The van der Waals surface area contributed by atoms with Gasteiger partial charge in [-0.25, -0.2) is 0 Å². The zero-order chi connectivity index (χ0) is 11.4. The number of hydrogen-bond acceptors (Lipinski definition) is 1. The maximum Gasteiger partial charge on any atom is 0.0436 e. The van der Waals surface area contributed by atoms with Crippen LogP contribution in [0.1, 0.15) is 42.9 Å². The lowest BCUT2D eigenvalue weighted by Crippen LogP contribution is -2.10. The van der Waals surface area contributed by atoms with E-state index in [0.29, 0.717) is 11.8 Å². The molecular formula is C14H22O. The quantitative estimate of drug-likeness (QED) is 0.800. The van der Waals surface area contributed by atoms with Gasteiger partial charge in [-0.1, -0.05) is 37.6 Å². The minimum Gasteiger partial charge on any atom is -0.396 e. The Hall–Kier alpha value is -0.820. The smallest absolute Gasteiger partial charge is 0.0436 e. The largest absolute Gasteiger partial charge is 0.396 e. The minimum absolute atomic E-state index is 0.274. The molecule has 1 aromatic carbocycles. The molecule has 0 spiro atoms. The highest BCUT2D eigenvalue weighted by atomic mass is 16.3. The number of benzene rings is 1. The Balaban J connectivity index is 3.00. The second-order valence-corrected chi connectivity index (χ2v) is 4.72. The van der Waals surface area contributed by atoms with E-state index in [9.17, 15) is 0 Å². The van der Waals surface area contributed by atoms with E-state index in [4.69, 9.17) is 5.11 Å². The van der Waals surface area contributed by atoms with Gasteiger partial charge in [-0.05, 0) is 43.2 Å². The molecule has 1 N–H and O–H groups in total. The normalized spacial score (nSPS) is 13.2. The zero-order valence-corrected chi connectivity index (χ0v) is 10.2. The first-order valence-corrected chi connectivity index (χ1v) is 5.74. The van der Waals surface area contributed by atoms with Crippen molar-refractivity contribution >= 4 is 0 Å². The van der Waals surface area contributed by atoms with E-state index >= 15 is 0 Å². The van der Waals surface area contributed by atoms with Gasteiger partial charge in [0.15, 0.2) is 0 Å². The summed E-state index contributed by atoms with van der Waals surface area (Å²) in [7, 11) is 0. The maximum absolute atomic E-state index is 9.09. The summed E-state index contributed by atoms with van der Waals surface area (Å²) in [5, 5.41) is 9.09. The molecule has 1 heteroatoms. The lowest BCUT2D eigenvalue weighted by Gasteiger charge is -2.22. The minimum atomic E-state index is 0.274. The molecule has 1 atom stereocenters. The van der Waals surface area contributed by atoms with Crippen LogP contribution in [0.2, 0.25) is 0 Å². The summed E-state index contributed by atoms with van der Waals surface area (Å²) in [5.74, 6) is 1.06. The van der Waals surface area contributed by atoms with Gasteiger partial charge in [0, 0.05) is 6.61 Å². The van der Waals surface area contributed by atoms with Gasteiger partial charge < -0.3 is 5.11 Å². The van der Waals surface area contributed by atoms with Crippen LogP contribution in [-0.2, 0) is 0 Å². The molecule has 1 nitrogen and oxygen atoms in total. The third-order valence-electron chi connectivity index (χ3n) is 3.07. The van der Waals surface area contributed by atoms with Crippen molar-refractivity contribution in [3.05, 3.63) is 34.9 Å². The van der Waals surface area contributed by atoms with Crippen molar-refractivity contribution in [1.29, 1.82) is 0 Å². The van der Waals surface area contributed by atoms with Crippen LogP contribution in [-0.4, -0.2) is 11.7 Å². The average molecular weight is 206 g/mol. The fourth-order valence-corrected chi connectivity index (χ4v) is 2.23. The highest BCUT2D eigenvalue weighted by Gasteiger charge is 2.16. The average Bonchev–Trinajstić information content (AvgIpc) is 2.15. The van der Waals surface area contributed by atoms with Crippen LogP contribution in [0.25, 0.3) is 0 Å². The lowest BCUT2D eigenvalue weighted by atomic mass is 9.83. The maximum atomic E-state index is 9.09. The Labute approximate surface area is 93.1 Å². The van der Waals surface area contributed by atoms with E-state index in [2.05, 4.69) is 45.9 Å². The molecule has 1 unspecified atom stereocenters. The van der Waals surface area contributed by atoms with Crippen LogP contribution >= 0.6 is 0 Å². The third-order valence-corrected chi connectivity index (χ3v) is 3.07. The van der Waals surface area contributed by atoms with E-state index in [1.807, 2.05) is 0 Å². The molecule has 0 amide bonds. The van der Waals surface area contributed by atoms with Gasteiger partial charge in [0.1, 0.15) is 0 Å². The molecule has 0 aliphatic heterocycles. The van der Waals surface area contributed by atoms with Crippen LogP contribution in [0.5, 0.6) is 0 Å². The van der Waals surface area contributed by atoms with Crippen LogP contribution in [0.4, 0.5) is 0 Å². The number of hydrogen-bond donors (Lipinski definition) is 1. The molecule has 1 aromatic rings. The molecule has 0 aliphatic rings. The van der Waals surface area contributed by atoms with Crippen LogP contribution < -0.4 is 0 Å². The summed E-state index contributed by atoms with van der Waals surface area (Å²) < 4.78 is 0. The standard InChI is InChI=1S/C14H22O/c1-10(2)13(7-8-15)14-6-5-11(3)9-12(14)4/h5-6,9-10,13,15H,7-8H2,1-4H3. The van der Waals surface area contributed by atoms with Crippen LogP contribution in [0, 0.1) is 19.8 Å². The van der Waals surface area contributed by atoms with Gasteiger partial charge in [-0.3, -0.25) is 0 Å². The Morgan fingerprint density at radius 3 is 2.33 bits per heavy atom. The Morgan fingerprint density at radius 2 is 1.87 bits per heavy atom. The molecule has 1 rings (SSSR count). The Kier molecular flexibility index (Phi) is 4.34. The van der Waals surface area contributed by atoms with Gasteiger partial charge >= 0.3 is 0 Å². The molecule has 0 fully saturated rings. The summed E-state index contributed by atoms with van der Waals surface area (Å²) in [6.45, 7) is 9.00. The second-order valence-electron chi connectivity index (χ2n) is 4.72. The SMILES string of the molecule is Cc1ccc(C(CCO)C(C)C)c(C)c1. The van der Waals surface area contributed by atoms with E-state index in [-0.39, 0.29) is 6.61 Å². The molecule has 0 saturated carbocycles. The predicted octanol–water partition coefficient (Wildman–Crippen LogP) is 3.43. The van der Waals surface area contributed by atoms with Crippen molar-refractivity contribution in [1.82, 2.24) is 0 Å². The number of aryl methyl sites for hydroxylation is 2. The summed E-state index contributed by atoms with van der Waals surface area (Å²) in [6.07, 6.45) is 0.863. The molecule has 0 saturated heterocycles. The lowest BCUT2D eigenvalue weighted by molar-refractivity contribution is 0.261. The highest BCUT2D eigenvalue weighted by molar-refractivity contribution is 5.33. The zero-order valence-electron chi connectivity index (χ0n) is 10.2. The molecule has 0 aliphatic carbocycles. The van der Waals surface area contributed by atoms with Crippen molar-refractivity contribution in [2.45, 2.75) is 40.0 Å². The summed E-state index contributed by atoms with van der Waals surface area (Å²) in [5.41, 5.74) is 4.05. The molecule has 0 bridgehead atoms. The first-order chi connectivity index (χ1) is 7.06. The fourth-order valence-electron chi connectivity index (χ4n) is 2.23. The van der Waals surface area contributed by atoms with Crippen LogP contribution in [0.15, 0.2) is 18.2 Å². The predicted molar refractivity (Wildman–Crippen MR) is 65.2 cm³/mol. The fraction of sp³-hybridized carbons (Fsp3) is 0.571. The van der Waals surface area contributed by atoms with Gasteiger partial charge in [0.25, 0.3) is 0 Å². The third kappa shape index (κ3) is 3.07. The number of rotatable bonds is 4. The summed E-state index contributed by atoms with van der Waals surface area (Å²) in [4.78, 5) is 0. The van der Waals surface area contributed by atoms with Gasteiger partial charge in [-0.2, -0.15) is 0 Å². The van der Waals surface area contributed by atoms with Crippen molar-refractivity contribution in [2.24, 2.45) is 5.92 Å². The van der Waals surface area contributed by atoms with Crippen molar-refractivity contribution < 1.29 is 5.11 Å². The van der Waals surface area contributed by atoms with E-state index in [0.717, 1.165) is 6.42 Å². The highest BCUT2D eigenvalue weighted by Crippen LogP contribution is 2.30. The topological polar surface area (TPSA) is 20.2 Å². The van der Waals surface area contributed by atoms with Crippen molar-refractivity contribution in [3.63, 3.8) is 0 Å². The van der Waals surface area contributed by atoms with Crippen molar-refractivity contribution in [3.8, 4) is 0 Å². The van der Waals surface area contributed by atoms with E-state index in [1.54, 1.807) is 0 Å². The monoisotopic (exact) mass is 206 g/mol. The summed E-state index contributed by atoms with van der Waals surface area (Å²) >= 11 is 0. The van der Waals surface area contributed by atoms with E-state index in [1.165, 1.54) is 16.7 Å². The number of aliphatic hydroxyl groups is 1. The molecular weight excluding hydrogens is 184 g/mol. The second kappa shape index (κ2) is 5.32. The van der Waals surface area contributed by atoms with Crippen molar-refractivity contribution in [2.75, 3.05) is 6.61 Å². The van der Waals surface area contributed by atoms with Gasteiger partial charge in [-0.15, -0.1) is 0 Å². The first kappa shape index (κ1) is 12.3. The number of aliphatic hydroxyl groups excluding tert-OH is 1. The van der Waals surface area contributed by atoms with Gasteiger partial charge in [0.2, 0.25) is 0 Å². The summed E-state index contributed by atoms with van der Waals surface area (Å²) in [6, 6.07) is 6.60. The van der Waals surface area contributed by atoms with Crippen LogP contribution in [0.3, 0.4) is 0 Å². The Bertz CT molecular complexity index is 315.